The molecule has 3 rings (SSSR count). The van der Waals surface area contributed by atoms with Crippen molar-refractivity contribution in [3.63, 3.8) is 0 Å². The molecule has 1 atom stereocenters. The summed E-state index contributed by atoms with van der Waals surface area (Å²) >= 11 is 6.02. The number of amides is 1. The summed E-state index contributed by atoms with van der Waals surface area (Å²) in [5, 5.41) is 7.81. The summed E-state index contributed by atoms with van der Waals surface area (Å²) in [5.41, 5.74) is 1.94. The van der Waals surface area contributed by atoms with Gasteiger partial charge in [0, 0.05) is 11.1 Å². The van der Waals surface area contributed by atoms with Crippen molar-refractivity contribution in [3.05, 3.63) is 70.9 Å². The lowest BCUT2D eigenvalue weighted by Crippen LogP contribution is -2.31. The Kier molecular flexibility index (Phi) is 6.21. The molecule has 3 aromatic rings. The Balaban J connectivity index is 1.63. The Morgan fingerprint density at radius 1 is 1.18 bits per heavy atom. The fourth-order valence-electron chi connectivity index (χ4n) is 2.64. The predicted octanol–water partition coefficient (Wildman–Crippen LogP) is 4.31. The molecule has 0 aliphatic carbocycles. The number of rotatable bonds is 7. The minimum absolute atomic E-state index is 0.260. The number of anilines is 1. The highest BCUT2D eigenvalue weighted by Crippen LogP contribution is 2.22. The van der Waals surface area contributed by atoms with E-state index in [2.05, 4.69) is 10.4 Å². The number of carbonyl (C=O) groups excluding carboxylic acids is 1. The van der Waals surface area contributed by atoms with E-state index in [0.29, 0.717) is 23.1 Å². The summed E-state index contributed by atoms with van der Waals surface area (Å²) in [6.07, 6.45) is 0.970. The van der Waals surface area contributed by atoms with E-state index < -0.39 is 6.10 Å². The quantitative estimate of drug-likeness (QED) is 0.643. The molecular formula is C21H22ClN3O3. The summed E-state index contributed by atoms with van der Waals surface area (Å²) in [5.74, 6) is 1.73. The molecule has 0 aliphatic heterocycles. The highest BCUT2D eigenvalue weighted by atomic mass is 35.5. The van der Waals surface area contributed by atoms with Gasteiger partial charge in [-0.2, -0.15) is 5.10 Å². The molecule has 1 amide bonds. The summed E-state index contributed by atoms with van der Waals surface area (Å²) in [6.45, 7) is 4.11. The van der Waals surface area contributed by atoms with Crippen molar-refractivity contribution in [2.24, 2.45) is 0 Å². The first-order valence-corrected chi connectivity index (χ1v) is 9.22. The number of benzene rings is 2. The third kappa shape index (κ3) is 4.84. The van der Waals surface area contributed by atoms with E-state index in [4.69, 9.17) is 21.1 Å². The van der Waals surface area contributed by atoms with Gasteiger partial charge in [0.15, 0.2) is 6.10 Å². The maximum Gasteiger partial charge on any atom is 0.266 e. The Morgan fingerprint density at radius 2 is 1.89 bits per heavy atom. The van der Waals surface area contributed by atoms with Crippen LogP contribution in [0.15, 0.2) is 54.7 Å². The summed E-state index contributed by atoms with van der Waals surface area (Å²) in [7, 11) is 1.63. The molecular weight excluding hydrogens is 378 g/mol. The fraction of sp³-hybridized carbons (Fsp3) is 0.238. The molecule has 0 radical (unpaired) electrons. The number of aromatic nitrogens is 2. The molecule has 2 aromatic carbocycles. The van der Waals surface area contributed by atoms with E-state index >= 15 is 0 Å². The highest BCUT2D eigenvalue weighted by Gasteiger charge is 2.17. The van der Waals surface area contributed by atoms with Gasteiger partial charge in [0.05, 0.1) is 19.9 Å². The van der Waals surface area contributed by atoms with Crippen LogP contribution in [0.4, 0.5) is 5.82 Å². The molecule has 1 aromatic heterocycles. The molecule has 0 unspecified atom stereocenters. The fourth-order valence-corrected chi connectivity index (χ4v) is 2.76. The lowest BCUT2D eigenvalue weighted by molar-refractivity contribution is -0.122. The maximum atomic E-state index is 12.5. The first kappa shape index (κ1) is 19.8. The second-order valence-corrected chi connectivity index (χ2v) is 6.79. The zero-order valence-corrected chi connectivity index (χ0v) is 16.7. The topological polar surface area (TPSA) is 65.4 Å². The van der Waals surface area contributed by atoms with Crippen molar-refractivity contribution in [1.82, 2.24) is 9.78 Å². The van der Waals surface area contributed by atoms with E-state index in [1.165, 1.54) is 0 Å². The van der Waals surface area contributed by atoms with Crippen molar-refractivity contribution in [2.75, 3.05) is 12.4 Å². The monoisotopic (exact) mass is 399 g/mol. The zero-order valence-electron chi connectivity index (χ0n) is 16.0. The van der Waals surface area contributed by atoms with Crippen molar-refractivity contribution >= 4 is 23.3 Å². The average molecular weight is 400 g/mol. The minimum atomic E-state index is -0.676. The van der Waals surface area contributed by atoms with E-state index in [-0.39, 0.29) is 5.91 Å². The number of aryl methyl sites for hydroxylation is 1. The Hall–Kier alpha value is -2.99. The number of halogens is 1. The molecule has 28 heavy (non-hydrogen) atoms. The third-order valence-corrected chi connectivity index (χ3v) is 4.69. The van der Waals surface area contributed by atoms with Crippen LogP contribution in [0.1, 0.15) is 18.1 Å². The number of hydrogen-bond donors (Lipinski definition) is 1. The van der Waals surface area contributed by atoms with Gasteiger partial charge >= 0.3 is 0 Å². The van der Waals surface area contributed by atoms with Crippen molar-refractivity contribution < 1.29 is 14.3 Å². The first-order valence-electron chi connectivity index (χ1n) is 8.84. The molecule has 0 fully saturated rings. The summed E-state index contributed by atoms with van der Waals surface area (Å²) < 4.78 is 12.6. The van der Waals surface area contributed by atoms with Gasteiger partial charge in [-0.1, -0.05) is 23.7 Å². The smallest absolute Gasteiger partial charge is 0.266 e. The van der Waals surface area contributed by atoms with Crippen LogP contribution in [0.5, 0.6) is 11.5 Å². The highest BCUT2D eigenvalue weighted by molar-refractivity contribution is 6.31. The molecule has 0 aliphatic rings. The van der Waals surface area contributed by atoms with Gasteiger partial charge in [0.1, 0.15) is 17.3 Å². The number of carbonyl (C=O) groups is 1. The number of ether oxygens (including phenoxy) is 2. The van der Waals surface area contributed by atoms with Crippen LogP contribution in [0, 0.1) is 6.92 Å². The summed E-state index contributed by atoms with van der Waals surface area (Å²) in [6, 6.07) is 14.7. The van der Waals surface area contributed by atoms with Crippen LogP contribution in [-0.2, 0) is 11.3 Å². The predicted molar refractivity (Wildman–Crippen MR) is 109 cm³/mol. The molecule has 6 nitrogen and oxygen atoms in total. The van der Waals surface area contributed by atoms with Gasteiger partial charge in [-0.25, -0.2) is 4.68 Å². The number of nitrogens with zero attached hydrogens (tertiary/aromatic N) is 2. The van der Waals surface area contributed by atoms with Gasteiger partial charge in [0.25, 0.3) is 5.91 Å². The Bertz CT molecular complexity index is 954. The van der Waals surface area contributed by atoms with E-state index in [1.54, 1.807) is 49.2 Å². The van der Waals surface area contributed by atoms with Crippen molar-refractivity contribution in [1.29, 1.82) is 0 Å². The SMILES string of the molecule is COc1ccc(Cn2nccc2NC(=O)[C@@H](C)Oc2ccc(Cl)c(C)c2)cc1. The summed E-state index contributed by atoms with van der Waals surface area (Å²) in [4.78, 5) is 12.5. The van der Waals surface area contributed by atoms with E-state index in [1.807, 2.05) is 31.2 Å². The molecule has 1 heterocycles. The second kappa shape index (κ2) is 8.80. The molecule has 0 saturated carbocycles. The first-order chi connectivity index (χ1) is 13.5. The van der Waals surface area contributed by atoms with Crippen LogP contribution < -0.4 is 14.8 Å². The number of methoxy groups -OCH3 is 1. The maximum absolute atomic E-state index is 12.5. The number of nitrogens with one attached hydrogen (secondary N) is 1. The van der Waals surface area contributed by atoms with E-state index in [0.717, 1.165) is 16.9 Å². The zero-order chi connectivity index (χ0) is 20.1. The van der Waals surface area contributed by atoms with Crippen LogP contribution in [0.2, 0.25) is 5.02 Å². The molecule has 0 saturated heterocycles. The lowest BCUT2D eigenvalue weighted by atomic mass is 10.2. The van der Waals surface area contributed by atoms with Gasteiger partial charge < -0.3 is 14.8 Å². The van der Waals surface area contributed by atoms with Gasteiger partial charge in [-0.05, 0) is 55.3 Å². The molecule has 7 heteroatoms. The van der Waals surface area contributed by atoms with E-state index in [9.17, 15) is 4.79 Å². The van der Waals surface area contributed by atoms with Crippen molar-refractivity contribution in [3.8, 4) is 11.5 Å². The second-order valence-electron chi connectivity index (χ2n) is 6.38. The van der Waals surface area contributed by atoms with Crippen LogP contribution in [0.3, 0.4) is 0 Å². The standard InChI is InChI=1S/C21H22ClN3O3/c1-14-12-18(8-9-19(14)22)28-15(2)21(26)24-20-10-11-23-25(20)13-16-4-6-17(27-3)7-5-16/h4-12,15H,13H2,1-3H3,(H,24,26)/t15-/m1/s1. The molecule has 0 spiro atoms. The molecule has 0 bridgehead atoms. The molecule has 1 N–H and O–H groups in total. The van der Waals surface area contributed by atoms with Gasteiger partial charge in [-0.15, -0.1) is 0 Å². The van der Waals surface area contributed by atoms with Gasteiger partial charge in [0.2, 0.25) is 0 Å². The Morgan fingerprint density at radius 3 is 2.57 bits per heavy atom. The van der Waals surface area contributed by atoms with Crippen LogP contribution in [-0.4, -0.2) is 28.9 Å². The average Bonchev–Trinajstić information content (AvgIpc) is 3.12. The van der Waals surface area contributed by atoms with Crippen LogP contribution in [0.25, 0.3) is 0 Å². The normalized spacial score (nSPS) is 11.7. The molecule has 146 valence electrons. The van der Waals surface area contributed by atoms with Crippen molar-refractivity contribution in [2.45, 2.75) is 26.5 Å². The van der Waals surface area contributed by atoms with Gasteiger partial charge in [-0.3, -0.25) is 4.79 Å². The largest absolute Gasteiger partial charge is 0.497 e. The third-order valence-electron chi connectivity index (χ3n) is 4.27. The lowest BCUT2D eigenvalue weighted by Gasteiger charge is -2.16. The Labute approximate surface area is 169 Å². The van der Waals surface area contributed by atoms with Crippen LogP contribution >= 0.6 is 11.6 Å². The minimum Gasteiger partial charge on any atom is -0.497 e. The number of hydrogen-bond acceptors (Lipinski definition) is 4.